The molecule has 0 amide bonds. The Bertz CT molecular complexity index is 969. The number of rotatable bonds is 5. The van der Waals surface area contributed by atoms with Crippen LogP contribution in [0.5, 0.6) is 0 Å². The number of aryl methyl sites for hydroxylation is 1. The summed E-state index contributed by atoms with van der Waals surface area (Å²) in [7, 11) is -3.82. The molecule has 124 valence electrons. The van der Waals surface area contributed by atoms with Gasteiger partial charge in [-0.15, -0.1) is 10.2 Å². The molecule has 4 rings (SSSR count). The Morgan fingerprint density at radius 1 is 1.04 bits per heavy atom. The summed E-state index contributed by atoms with van der Waals surface area (Å²) in [6.07, 6.45) is 2.08. The molecule has 1 N–H and O–H groups in total. The number of nitrogens with zero attached hydrogens (tertiary/aromatic N) is 2. The van der Waals surface area contributed by atoms with Crippen LogP contribution >= 0.6 is 0 Å². The van der Waals surface area contributed by atoms with E-state index >= 15 is 0 Å². The van der Waals surface area contributed by atoms with Crippen LogP contribution in [0.1, 0.15) is 30.2 Å². The van der Waals surface area contributed by atoms with E-state index in [-0.39, 0.29) is 16.7 Å². The predicted octanol–water partition coefficient (Wildman–Crippen LogP) is 3.32. The molecule has 0 atom stereocenters. The Morgan fingerprint density at radius 2 is 1.79 bits per heavy atom. The summed E-state index contributed by atoms with van der Waals surface area (Å²) in [5.41, 5.74) is 1.51. The van der Waals surface area contributed by atoms with Crippen LogP contribution in [-0.4, -0.2) is 18.6 Å². The van der Waals surface area contributed by atoms with Crippen LogP contribution < -0.4 is 4.72 Å². The highest BCUT2D eigenvalue weighted by Gasteiger charge is 2.30. The SMILES string of the molecule is Cc1ccc(NS(=O)(=O)c2ccc(-c3nnc(C4CC4)o3)o2)cc1. The van der Waals surface area contributed by atoms with Gasteiger partial charge in [0.15, 0.2) is 5.76 Å². The van der Waals surface area contributed by atoms with E-state index in [9.17, 15) is 8.42 Å². The molecule has 0 spiro atoms. The fourth-order valence-electron chi connectivity index (χ4n) is 2.24. The summed E-state index contributed by atoms with van der Waals surface area (Å²) < 4.78 is 38.2. The molecule has 0 aliphatic heterocycles. The van der Waals surface area contributed by atoms with Crippen molar-refractivity contribution in [3.63, 3.8) is 0 Å². The Hall–Kier alpha value is -2.61. The van der Waals surface area contributed by atoms with Crippen molar-refractivity contribution in [2.24, 2.45) is 0 Å². The van der Waals surface area contributed by atoms with Gasteiger partial charge in [0.1, 0.15) is 0 Å². The highest BCUT2D eigenvalue weighted by molar-refractivity contribution is 7.92. The van der Waals surface area contributed by atoms with Crippen LogP contribution in [0.25, 0.3) is 11.7 Å². The molecule has 1 saturated carbocycles. The Labute approximate surface area is 138 Å². The molecule has 0 unspecified atom stereocenters. The lowest BCUT2D eigenvalue weighted by Crippen LogP contribution is -2.11. The minimum atomic E-state index is -3.82. The number of hydrogen-bond donors (Lipinski definition) is 1. The topological polar surface area (TPSA) is 98.2 Å². The van der Waals surface area contributed by atoms with Crippen LogP contribution in [0.2, 0.25) is 0 Å². The Morgan fingerprint density at radius 3 is 2.50 bits per heavy atom. The lowest BCUT2D eigenvalue weighted by Gasteiger charge is -2.05. The van der Waals surface area contributed by atoms with Gasteiger partial charge in [0.05, 0.1) is 0 Å². The standard InChI is InChI=1S/C16H15N3O4S/c1-10-2-6-12(7-3-10)19-24(20,21)14-9-8-13(22-14)16-18-17-15(23-16)11-4-5-11/h2-3,6-9,11,19H,4-5H2,1H3. The van der Waals surface area contributed by atoms with Crippen LogP contribution in [0, 0.1) is 6.92 Å². The fraction of sp³-hybridized carbons (Fsp3) is 0.250. The predicted molar refractivity (Wildman–Crippen MR) is 86.0 cm³/mol. The third-order valence-electron chi connectivity index (χ3n) is 3.73. The maximum Gasteiger partial charge on any atom is 0.295 e. The summed E-state index contributed by atoms with van der Waals surface area (Å²) >= 11 is 0. The summed E-state index contributed by atoms with van der Waals surface area (Å²) in [5, 5.41) is 7.67. The first-order valence-corrected chi connectivity index (χ1v) is 9.03. The average molecular weight is 345 g/mol. The summed E-state index contributed by atoms with van der Waals surface area (Å²) in [6, 6.07) is 9.90. The number of nitrogens with one attached hydrogen (secondary N) is 1. The zero-order valence-electron chi connectivity index (χ0n) is 12.9. The van der Waals surface area contributed by atoms with Gasteiger partial charge in [-0.2, -0.15) is 8.42 Å². The lowest BCUT2D eigenvalue weighted by molar-refractivity contribution is 0.435. The maximum absolute atomic E-state index is 12.4. The lowest BCUT2D eigenvalue weighted by atomic mass is 10.2. The Kier molecular flexibility index (Phi) is 3.42. The van der Waals surface area contributed by atoms with E-state index in [0.29, 0.717) is 17.5 Å². The fourth-order valence-corrected chi connectivity index (χ4v) is 3.23. The third kappa shape index (κ3) is 2.92. The molecule has 1 aliphatic rings. The number of furan rings is 1. The molecule has 1 aromatic carbocycles. The largest absolute Gasteiger partial charge is 0.438 e. The number of benzene rings is 1. The molecule has 2 aromatic heterocycles. The van der Waals surface area contributed by atoms with Crippen LogP contribution in [0.3, 0.4) is 0 Å². The van der Waals surface area contributed by atoms with Crippen LogP contribution in [0.15, 0.2) is 50.3 Å². The highest BCUT2D eigenvalue weighted by Crippen LogP contribution is 2.40. The molecular formula is C16H15N3O4S. The van der Waals surface area contributed by atoms with Crippen LogP contribution in [-0.2, 0) is 10.0 Å². The zero-order chi connectivity index (χ0) is 16.7. The molecule has 3 aromatic rings. The van der Waals surface area contributed by atoms with E-state index in [2.05, 4.69) is 14.9 Å². The smallest absolute Gasteiger partial charge is 0.295 e. The first-order chi connectivity index (χ1) is 11.5. The minimum absolute atomic E-state index is 0.189. The number of anilines is 1. The van der Waals surface area contributed by atoms with E-state index in [1.165, 1.54) is 12.1 Å². The molecule has 8 heteroatoms. The molecule has 24 heavy (non-hydrogen) atoms. The van der Waals surface area contributed by atoms with Crippen molar-refractivity contribution >= 4 is 15.7 Å². The van der Waals surface area contributed by atoms with Crippen molar-refractivity contribution in [2.45, 2.75) is 30.8 Å². The molecule has 2 heterocycles. The van der Waals surface area contributed by atoms with Crippen molar-refractivity contribution in [3.8, 4) is 11.7 Å². The quantitative estimate of drug-likeness (QED) is 0.762. The second-order valence-electron chi connectivity index (χ2n) is 5.81. The molecule has 7 nitrogen and oxygen atoms in total. The second-order valence-corrected chi connectivity index (χ2v) is 7.42. The van der Waals surface area contributed by atoms with Gasteiger partial charge in [-0.1, -0.05) is 17.7 Å². The van der Waals surface area contributed by atoms with Gasteiger partial charge in [0.2, 0.25) is 11.0 Å². The third-order valence-corrected chi connectivity index (χ3v) is 4.98. The van der Waals surface area contributed by atoms with Crippen molar-refractivity contribution in [1.82, 2.24) is 10.2 Å². The first kappa shape index (κ1) is 14.9. The van der Waals surface area contributed by atoms with Gasteiger partial charge in [0, 0.05) is 11.6 Å². The van der Waals surface area contributed by atoms with E-state index in [1.54, 1.807) is 12.1 Å². The van der Waals surface area contributed by atoms with E-state index in [0.717, 1.165) is 18.4 Å². The van der Waals surface area contributed by atoms with Gasteiger partial charge in [0.25, 0.3) is 15.9 Å². The monoisotopic (exact) mass is 345 g/mol. The summed E-state index contributed by atoms with van der Waals surface area (Å²) in [6.45, 7) is 1.93. The zero-order valence-corrected chi connectivity index (χ0v) is 13.7. The van der Waals surface area contributed by atoms with Crippen molar-refractivity contribution in [1.29, 1.82) is 0 Å². The van der Waals surface area contributed by atoms with Gasteiger partial charge in [-0.05, 0) is 44.0 Å². The number of aromatic nitrogens is 2. The highest BCUT2D eigenvalue weighted by atomic mass is 32.2. The average Bonchev–Trinajstić information content (AvgIpc) is 3.09. The number of sulfonamides is 1. The second kappa shape index (κ2) is 5.48. The molecular weight excluding hydrogens is 330 g/mol. The maximum atomic E-state index is 12.4. The summed E-state index contributed by atoms with van der Waals surface area (Å²) in [4.78, 5) is 0. The van der Waals surface area contributed by atoms with Crippen molar-refractivity contribution in [3.05, 3.63) is 47.9 Å². The molecule has 1 fully saturated rings. The Balaban J connectivity index is 1.57. The van der Waals surface area contributed by atoms with Gasteiger partial charge >= 0.3 is 0 Å². The molecule has 0 radical (unpaired) electrons. The van der Waals surface area contributed by atoms with Gasteiger partial charge in [-0.25, -0.2) is 0 Å². The molecule has 0 saturated heterocycles. The molecule has 0 bridgehead atoms. The van der Waals surface area contributed by atoms with Crippen molar-refractivity contribution < 1.29 is 17.3 Å². The van der Waals surface area contributed by atoms with E-state index in [4.69, 9.17) is 8.83 Å². The van der Waals surface area contributed by atoms with Gasteiger partial charge in [-0.3, -0.25) is 4.72 Å². The van der Waals surface area contributed by atoms with Crippen LogP contribution in [0.4, 0.5) is 5.69 Å². The minimum Gasteiger partial charge on any atom is -0.438 e. The first-order valence-electron chi connectivity index (χ1n) is 7.54. The van der Waals surface area contributed by atoms with E-state index in [1.807, 2.05) is 19.1 Å². The molecule has 1 aliphatic carbocycles. The van der Waals surface area contributed by atoms with Gasteiger partial charge < -0.3 is 8.83 Å². The van der Waals surface area contributed by atoms with E-state index < -0.39 is 10.0 Å². The number of hydrogen-bond acceptors (Lipinski definition) is 6. The van der Waals surface area contributed by atoms with Crippen molar-refractivity contribution in [2.75, 3.05) is 4.72 Å². The summed E-state index contributed by atoms with van der Waals surface area (Å²) in [5.74, 6) is 1.32. The normalized spacial score (nSPS) is 14.7.